The van der Waals surface area contributed by atoms with Crippen LogP contribution in [-0.2, 0) is 12.8 Å². The van der Waals surface area contributed by atoms with Crippen LogP contribution in [0.5, 0.6) is 5.75 Å². The Morgan fingerprint density at radius 1 is 0.968 bits per heavy atom. The fourth-order valence-electron chi connectivity index (χ4n) is 4.19. The van der Waals surface area contributed by atoms with E-state index in [4.69, 9.17) is 4.98 Å². The molecule has 3 aromatic carbocycles. The third kappa shape index (κ3) is 3.99. The number of halogens is 1. The Hall–Kier alpha value is -3.73. The Morgan fingerprint density at radius 3 is 2.55 bits per heavy atom. The molecule has 1 aliphatic rings. The summed E-state index contributed by atoms with van der Waals surface area (Å²) in [6.07, 6.45) is 3.49. The molecular formula is C26H22FN3O. The first-order valence-corrected chi connectivity index (χ1v) is 10.4. The molecule has 0 bridgehead atoms. The first kappa shape index (κ1) is 19.2. The summed E-state index contributed by atoms with van der Waals surface area (Å²) in [5.74, 6) is 0.806. The van der Waals surface area contributed by atoms with Gasteiger partial charge >= 0.3 is 0 Å². The summed E-state index contributed by atoms with van der Waals surface area (Å²) in [5.41, 5.74) is 6.58. The van der Waals surface area contributed by atoms with E-state index in [1.807, 2.05) is 42.6 Å². The molecule has 0 fully saturated rings. The van der Waals surface area contributed by atoms with Crippen molar-refractivity contribution in [3.8, 4) is 17.0 Å². The molecular weight excluding hydrogens is 389 g/mol. The molecule has 0 saturated heterocycles. The molecule has 0 radical (unpaired) electrons. The molecule has 1 aromatic heterocycles. The minimum atomic E-state index is -0.223. The maximum atomic E-state index is 13.4. The number of aromatic hydroxyl groups is 1. The molecule has 5 rings (SSSR count). The highest BCUT2D eigenvalue weighted by molar-refractivity contribution is 5.72. The third-order valence-corrected chi connectivity index (χ3v) is 5.79. The molecule has 1 heterocycles. The quantitative estimate of drug-likeness (QED) is 0.466. The highest BCUT2D eigenvalue weighted by Gasteiger charge is 2.27. The molecule has 2 N–H and O–H groups in total. The smallest absolute Gasteiger partial charge is 0.223 e. The van der Waals surface area contributed by atoms with Crippen LogP contribution in [-0.4, -0.2) is 21.6 Å². The zero-order valence-electron chi connectivity index (χ0n) is 16.9. The SMILES string of the molecule is Oc1ccc(CCNc2ncc3c(n2)-c2ccccc2C(c2ccc(F)cc2)C3)cc1. The molecule has 1 aliphatic carbocycles. The monoisotopic (exact) mass is 411 g/mol. The van der Waals surface area contributed by atoms with Gasteiger partial charge in [0.2, 0.25) is 5.95 Å². The number of fused-ring (bicyclic) bond motifs is 3. The van der Waals surface area contributed by atoms with E-state index in [1.165, 1.54) is 17.7 Å². The molecule has 4 nitrogen and oxygen atoms in total. The van der Waals surface area contributed by atoms with Gasteiger partial charge in [0.15, 0.2) is 0 Å². The fraction of sp³-hybridized carbons (Fsp3) is 0.154. The molecule has 4 aromatic rings. The maximum Gasteiger partial charge on any atom is 0.223 e. The van der Waals surface area contributed by atoms with E-state index in [0.717, 1.165) is 40.8 Å². The highest BCUT2D eigenvalue weighted by Crippen LogP contribution is 2.41. The van der Waals surface area contributed by atoms with E-state index in [0.29, 0.717) is 12.5 Å². The lowest BCUT2D eigenvalue weighted by Crippen LogP contribution is -2.16. The molecule has 31 heavy (non-hydrogen) atoms. The second-order valence-corrected chi connectivity index (χ2v) is 7.81. The predicted molar refractivity (Wildman–Crippen MR) is 120 cm³/mol. The van der Waals surface area contributed by atoms with E-state index < -0.39 is 0 Å². The van der Waals surface area contributed by atoms with Crippen molar-refractivity contribution in [3.63, 3.8) is 0 Å². The van der Waals surface area contributed by atoms with Gasteiger partial charge < -0.3 is 10.4 Å². The van der Waals surface area contributed by atoms with Gasteiger partial charge in [-0.25, -0.2) is 14.4 Å². The van der Waals surface area contributed by atoms with Gasteiger partial charge in [0.05, 0.1) is 5.69 Å². The summed E-state index contributed by atoms with van der Waals surface area (Å²) < 4.78 is 13.4. The van der Waals surface area contributed by atoms with E-state index in [1.54, 1.807) is 12.1 Å². The summed E-state index contributed by atoms with van der Waals surface area (Å²) in [6.45, 7) is 0.698. The lowest BCUT2D eigenvalue weighted by atomic mass is 9.78. The number of aromatic nitrogens is 2. The van der Waals surface area contributed by atoms with Crippen LogP contribution < -0.4 is 5.32 Å². The Kier molecular flexibility index (Phi) is 5.08. The van der Waals surface area contributed by atoms with Crippen molar-refractivity contribution in [1.29, 1.82) is 0 Å². The van der Waals surface area contributed by atoms with Gasteiger partial charge in [-0.2, -0.15) is 0 Å². The number of hydrogen-bond acceptors (Lipinski definition) is 4. The number of anilines is 1. The maximum absolute atomic E-state index is 13.4. The van der Waals surface area contributed by atoms with Crippen LogP contribution >= 0.6 is 0 Å². The Balaban J connectivity index is 1.39. The molecule has 5 heteroatoms. The Labute approximate surface area is 180 Å². The van der Waals surface area contributed by atoms with Crippen LogP contribution in [0.25, 0.3) is 11.3 Å². The summed E-state index contributed by atoms with van der Waals surface area (Å²) in [7, 11) is 0. The van der Waals surface area contributed by atoms with E-state index in [9.17, 15) is 9.50 Å². The van der Waals surface area contributed by atoms with Gasteiger partial charge in [0.1, 0.15) is 11.6 Å². The van der Waals surface area contributed by atoms with Crippen LogP contribution in [0.3, 0.4) is 0 Å². The molecule has 154 valence electrons. The summed E-state index contributed by atoms with van der Waals surface area (Å²) in [6, 6.07) is 22.3. The molecule has 0 saturated carbocycles. The lowest BCUT2D eigenvalue weighted by molar-refractivity contribution is 0.475. The van der Waals surface area contributed by atoms with Crippen molar-refractivity contribution in [2.45, 2.75) is 18.8 Å². The number of rotatable bonds is 5. The summed E-state index contributed by atoms with van der Waals surface area (Å²) in [4.78, 5) is 9.35. The number of phenolic OH excluding ortho intramolecular Hbond substituents is 1. The van der Waals surface area contributed by atoms with Crippen LogP contribution in [0.15, 0.2) is 79.0 Å². The summed E-state index contributed by atoms with van der Waals surface area (Å²) in [5, 5.41) is 12.7. The van der Waals surface area contributed by atoms with Crippen molar-refractivity contribution in [2.24, 2.45) is 0 Å². The Bertz CT molecular complexity index is 1210. The number of nitrogens with one attached hydrogen (secondary N) is 1. The van der Waals surface area contributed by atoms with Crippen molar-refractivity contribution in [2.75, 3.05) is 11.9 Å². The van der Waals surface area contributed by atoms with Gasteiger partial charge in [-0.05, 0) is 59.4 Å². The molecule has 1 unspecified atom stereocenters. The van der Waals surface area contributed by atoms with Crippen LogP contribution in [0.2, 0.25) is 0 Å². The average Bonchev–Trinajstić information content (AvgIpc) is 2.80. The molecule has 0 spiro atoms. The minimum absolute atomic E-state index is 0.154. The number of benzene rings is 3. The molecule has 0 amide bonds. The normalized spacial score (nSPS) is 14.5. The van der Waals surface area contributed by atoms with Crippen LogP contribution in [0.1, 0.15) is 28.2 Å². The largest absolute Gasteiger partial charge is 0.508 e. The second kappa shape index (κ2) is 8.19. The van der Waals surface area contributed by atoms with E-state index in [2.05, 4.69) is 22.4 Å². The van der Waals surface area contributed by atoms with Gasteiger partial charge in [0.25, 0.3) is 0 Å². The zero-order chi connectivity index (χ0) is 21.2. The van der Waals surface area contributed by atoms with Gasteiger partial charge in [-0.1, -0.05) is 48.5 Å². The zero-order valence-corrected chi connectivity index (χ0v) is 16.9. The second-order valence-electron chi connectivity index (χ2n) is 7.81. The summed E-state index contributed by atoms with van der Waals surface area (Å²) >= 11 is 0. The van der Waals surface area contributed by atoms with Crippen molar-refractivity contribution >= 4 is 5.95 Å². The van der Waals surface area contributed by atoms with Gasteiger partial charge in [-0.3, -0.25) is 0 Å². The average molecular weight is 411 g/mol. The van der Waals surface area contributed by atoms with Crippen molar-refractivity contribution in [3.05, 3.63) is 107 Å². The number of nitrogens with zero attached hydrogens (tertiary/aromatic N) is 2. The minimum Gasteiger partial charge on any atom is -0.508 e. The van der Waals surface area contributed by atoms with E-state index in [-0.39, 0.29) is 17.5 Å². The molecule has 1 atom stereocenters. The van der Waals surface area contributed by atoms with Gasteiger partial charge in [0, 0.05) is 24.2 Å². The Morgan fingerprint density at radius 2 is 1.74 bits per heavy atom. The number of hydrogen-bond donors (Lipinski definition) is 2. The van der Waals surface area contributed by atoms with Crippen molar-refractivity contribution < 1.29 is 9.50 Å². The predicted octanol–water partition coefficient (Wildman–Crippen LogP) is 5.33. The standard InChI is InChI=1S/C26H22FN3O/c27-20-9-7-18(8-10-20)24-15-19-16-29-26(28-14-13-17-5-11-21(31)12-6-17)30-25(19)23-4-2-1-3-22(23)24/h1-12,16,24,31H,13-15H2,(H,28,29,30). The number of phenols is 1. The highest BCUT2D eigenvalue weighted by atomic mass is 19.1. The van der Waals surface area contributed by atoms with Crippen LogP contribution in [0, 0.1) is 5.82 Å². The fourth-order valence-corrected chi connectivity index (χ4v) is 4.19. The van der Waals surface area contributed by atoms with E-state index >= 15 is 0 Å². The third-order valence-electron chi connectivity index (χ3n) is 5.79. The topological polar surface area (TPSA) is 58.0 Å². The first-order chi connectivity index (χ1) is 15.2. The van der Waals surface area contributed by atoms with Gasteiger partial charge in [-0.15, -0.1) is 0 Å². The molecule has 0 aliphatic heterocycles. The lowest BCUT2D eigenvalue weighted by Gasteiger charge is -2.27. The van der Waals surface area contributed by atoms with Crippen molar-refractivity contribution in [1.82, 2.24) is 9.97 Å². The first-order valence-electron chi connectivity index (χ1n) is 10.4. The van der Waals surface area contributed by atoms with Crippen LogP contribution in [0.4, 0.5) is 10.3 Å².